The van der Waals surface area contributed by atoms with Crippen LogP contribution < -0.4 is 0 Å². The lowest BCUT2D eigenvalue weighted by Crippen LogP contribution is -2.55. The largest absolute Gasteiger partial charge is 0.480 e. The number of fused-ring (bicyclic) bond motifs is 1. The van der Waals surface area contributed by atoms with Crippen molar-refractivity contribution in [3.8, 4) is 12.3 Å². The smallest absolute Gasteiger partial charge is 0.320 e. The van der Waals surface area contributed by atoms with Gasteiger partial charge >= 0.3 is 5.97 Å². The summed E-state index contributed by atoms with van der Waals surface area (Å²) in [5.74, 6) is 2.59. The highest BCUT2D eigenvalue weighted by Crippen LogP contribution is 2.37. The molecule has 0 amide bonds. The number of hydrogen-bond donors (Lipinski definition) is 1. The monoisotopic (exact) mass is 221 g/mol. The van der Waals surface area contributed by atoms with Gasteiger partial charge in [-0.15, -0.1) is 6.42 Å². The molecule has 0 spiro atoms. The van der Waals surface area contributed by atoms with Crippen LogP contribution in [0.5, 0.6) is 0 Å². The maximum atomic E-state index is 11.2. The first-order valence-corrected chi connectivity index (χ1v) is 6.16. The van der Waals surface area contributed by atoms with Crippen LogP contribution >= 0.6 is 0 Å². The fraction of sp³-hybridized carbons (Fsp3) is 0.769. The molecule has 1 N–H and O–H groups in total. The fourth-order valence-corrected chi connectivity index (χ4v) is 3.33. The Morgan fingerprint density at radius 2 is 2.06 bits per heavy atom. The zero-order valence-electron chi connectivity index (χ0n) is 9.56. The molecular weight excluding hydrogens is 202 g/mol. The van der Waals surface area contributed by atoms with E-state index in [1.165, 1.54) is 19.3 Å². The summed E-state index contributed by atoms with van der Waals surface area (Å²) in [4.78, 5) is 13.3. The van der Waals surface area contributed by atoms with Crippen molar-refractivity contribution in [1.29, 1.82) is 0 Å². The molecule has 1 aliphatic carbocycles. The zero-order valence-corrected chi connectivity index (χ0v) is 9.56. The molecule has 0 radical (unpaired) electrons. The van der Waals surface area contributed by atoms with Gasteiger partial charge in [0.05, 0.1) is 6.54 Å². The lowest BCUT2D eigenvalue weighted by atomic mass is 9.76. The van der Waals surface area contributed by atoms with Gasteiger partial charge in [0.25, 0.3) is 0 Å². The van der Waals surface area contributed by atoms with Crippen molar-refractivity contribution >= 4 is 5.97 Å². The Kier molecular flexibility index (Phi) is 3.50. The molecule has 1 saturated carbocycles. The van der Waals surface area contributed by atoms with E-state index in [-0.39, 0.29) is 6.04 Å². The van der Waals surface area contributed by atoms with Crippen molar-refractivity contribution in [2.45, 2.75) is 50.6 Å². The summed E-state index contributed by atoms with van der Waals surface area (Å²) in [6.45, 7) is 0.484. The predicted molar refractivity (Wildman–Crippen MR) is 61.9 cm³/mol. The summed E-state index contributed by atoms with van der Waals surface area (Å²) < 4.78 is 0. The summed E-state index contributed by atoms with van der Waals surface area (Å²) in [6, 6.07) is 0.0649. The van der Waals surface area contributed by atoms with Crippen LogP contribution in [0.15, 0.2) is 0 Å². The maximum Gasteiger partial charge on any atom is 0.320 e. The van der Waals surface area contributed by atoms with Gasteiger partial charge in [-0.2, -0.15) is 0 Å². The third-order valence-corrected chi connectivity index (χ3v) is 4.07. The van der Waals surface area contributed by atoms with Crippen LogP contribution in [0.2, 0.25) is 0 Å². The minimum Gasteiger partial charge on any atom is -0.480 e. The standard InChI is InChI=1S/C13H19NO2/c1-2-9-14-11-6-4-3-5-10(11)7-8-12(14)13(15)16/h1,10-12H,3-9H2,(H,15,16). The molecule has 3 nitrogen and oxygen atoms in total. The summed E-state index contributed by atoms with van der Waals surface area (Å²) in [5.41, 5.74) is 0. The average molecular weight is 221 g/mol. The van der Waals surface area contributed by atoms with Gasteiger partial charge in [-0.25, -0.2) is 0 Å². The first-order chi connectivity index (χ1) is 7.74. The molecule has 0 aromatic heterocycles. The highest BCUT2D eigenvalue weighted by Gasteiger charge is 2.40. The third-order valence-electron chi connectivity index (χ3n) is 4.07. The topological polar surface area (TPSA) is 40.5 Å². The molecule has 3 atom stereocenters. The molecule has 0 aromatic carbocycles. The third kappa shape index (κ3) is 2.08. The predicted octanol–water partition coefficient (Wildman–Crippen LogP) is 1.73. The number of carbonyl (C=O) groups is 1. The summed E-state index contributed by atoms with van der Waals surface area (Å²) in [6.07, 6.45) is 12.1. The Bertz CT molecular complexity index is 308. The van der Waals surface area contributed by atoms with Gasteiger partial charge < -0.3 is 5.11 Å². The Labute approximate surface area is 96.8 Å². The second kappa shape index (κ2) is 4.88. The number of nitrogens with zero attached hydrogens (tertiary/aromatic N) is 1. The van der Waals surface area contributed by atoms with Crippen LogP contribution in [0.3, 0.4) is 0 Å². The minimum atomic E-state index is -0.709. The van der Waals surface area contributed by atoms with Crippen LogP contribution in [0.4, 0.5) is 0 Å². The van der Waals surface area contributed by atoms with E-state index in [4.69, 9.17) is 6.42 Å². The number of carboxylic acids is 1. The second-order valence-corrected chi connectivity index (χ2v) is 4.92. The first-order valence-electron chi connectivity index (χ1n) is 6.16. The highest BCUT2D eigenvalue weighted by molar-refractivity contribution is 5.73. The van der Waals surface area contributed by atoms with Crippen molar-refractivity contribution < 1.29 is 9.90 Å². The van der Waals surface area contributed by atoms with Crippen molar-refractivity contribution in [1.82, 2.24) is 4.90 Å². The van der Waals surface area contributed by atoms with Crippen molar-refractivity contribution in [2.24, 2.45) is 5.92 Å². The van der Waals surface area contributed by atoms with E-state index >= 15 is 0 Å². The van der Waals surface area contributed by atoms with Crippen LogP contribution in [0.1, 0.15) is 38.5 Å². The van der Waals surface area contributed by atoms with Gasteiger partial charge in [0.2, 0.25) is 0 Å². The number of piperidine rings is 1. The second-order valence-electron chi connectivity index (χ2n) is 4.92. The van der Waals surface area contributed by atoms with Gasteiger partial charge in [0.1, 0.15) is 6.04 Å². The van der Waals surface area contributed by atoms with Crippen molar-refractivity contribution in [2.75, 3.05) is 6.54 Å². The normalized spacial score (nSPS) is 35.1. The highest BCUT2D eigenvalue weighted by atomic mass is 16.4. The molecular formula is C13H19NO2. The van der Waals surface area contributed by atoms with Crippen LogP contribution in [0.25, 0.3) is 0 Å². The minimum absolute atomic E-state index is 0.351. The van der Waals surface area contributed by atoms with Crippen LogP contribution in [-0.2, 0) is 4.79 Å². The van der Waals surface area contributed by atoms with Gasteiger partial charge in [0, 0.05) is 6.04 Å². The number of hydrogen-bond acceptors (Lipinski definition) is 2. The average Bonchev–Trinajstić information content (AvgIpc) is 2.29. The maximum absolute atomic E-state index is 11.2. The number of carboxylic acid groups (broad SMARTS) is 1. The van der Waals surface area contributed by atoms with E-state index in [0.29, 0.717) is 18.5 Å². The van der Waals surface area contributed by atoms with Gasteiger partial charge in [-0.05, 0) is 31.6 Å². The lowest BCUT2D eigenvalue weighted by Gasteiger charge is -2.46. The van der Waals surface area contributed by atoms with Crippen LogP contribution in [-0.4, -0.2) is 34.6 Å². The molecule has 1 aliphatic heterocycles. The van der Waals surface area contributed by atoms with Gasteiger partial charge in [-0.1, -0.05) is 18.8 Å². The molecule has 2 aliphatic rings. The van der Waals surface area contributed by atoms with Crippen LogP contribution in [0, 0.1) is 18.3 Å². The van der Waals surface area contributed by atoms with E-state index in [1.807, 2.05) is 0 Å². The van der Waals surface area contributed by atoms with E-state index in [2.05, 4.69) is 10.8 Å². The molecule has 1 saturated heterocycles. The molecule has 3 heteroatoms. The van der Waals surface area contributed by atoms with E-state index in [1.54, 1.807) is 0 Å². The lowest BCUT2D eigenvalue weighted by molar-refractivity contribution is -0.147. The fourth-order valence-electron chi connectivity index (χ4n) is 3.33. The van der Waals surface area contributed by atoms with Gasteiger partial charge in [0.15, 0.2) is 0 Å². The number of rotatable bonds is 2. The Morgan fingerprint density at radius 3 is 2.75 bits per heavy atom. The van der Waals surface area contributed by atoms with Crippen molar-refractivity contribution in [3.63, 3.8) is 0 Å². The first kappa shape index (κ1) is 11.5. The number of likely N-dealkylation sites (tertiary alicyclic amines) is 1. The quantitative estimate of drug-likeness (QED) is 0.722. The van der Waals surface area contributed by atoms with E-state index in [9.17, 15) is 9.90 Å². The summed E-state index contributed by atoms with van der Waals surface area (Å²) in [7, 11) is 0. The Morgan fingerprint density at radius 1 is 1.31 bits per heavy atom. The molecule has 0 aromatic rings. The SMILES string of the molecule is C#CCN1C(C(=O)O)CCC2CCCCC21. The summed E-state index contributed by atoms with van der Waals surface area (Å²) >= 11 is 0. The zero-order chi connectivity index (χ0) is 11.5. The Hall–Kier alpha value is -1.01. The number of aliphatic carboxylic acids is 1. The molecule has 2 fully saturated rings. The molecule has 88 valence electrons. The molecule has 2 rings (SSSR count). The molecule has 3 unspecified atom stereocenters. The number of terminal acetylenes is 1. The molecule has 0 bridgehead atoms. The van der Waals surface area contributed by atoms with E-state index in [0.717, 1.165) is 19.3 Å². The van der Waals surface area contributed by atoms with E-state index < -0.39 is 5.97 Å². The molecule has 16 heavy (non-hydrogen) atoms. The Balaban J connectivity index is 2.14. The van der Waals surface area contributed by atoms with Crippen molar-refractivity contribution in [3.05, 3.63) is 0 Å². The van der Waals surface area contributed by atoms with Gasteiger partial charge in [-0.3, -0.25) is 9.69 Å². The summed E-state index contributed by atoms with van der Waals surface area (Å²) in [5, 5.41) is 9.22. The molecule has 1 heterocycles.